The summed E-state index contributed by atoms with van der Waals surface area (Å²) in [4.78, 5) is 0. The molecule has 1 aliphatic heterocycles. The van der Waals surface area contributed by atoms with Crippen molar-refractivity contribution in [3.63, 3.8) is 0 Å². The molecule has 0 bridgehead atoms. The zero-order chi connectivity index (χ0) is 35.1. The van der Waals surface area contributed by atoms with Gasteiger partial charge in [-0.25, -0.2) is 0 Å². The lowest BCUT2D eigenvalue weighted by molar-refractivity contribution is 0.587. The number of rotatable bonds is 4. The average Bonchev–Trinajstić information content (AvgIpc) is 3.74. The Morgan fingerprint density at radius 3 is 1.55 bits per heavy atom. The Balaban J connectivity index is 1.37. The highest BCUT2D eigenvalue weighted by molar-refractivity contribution is 7.81. The van der Waals surface area contributed by atoms with Gasteiger partial charge in [-0.1, -0.05) is 109 Å². The molecule has 0 amide bonds. The molecule has 3 heterocycles. The summed E-state index contributed by atoms with van der Waals surface area (Å²) in [5.74, 6) is 0. The smallest absolute Gasteiger partial charge is 0.234 e. The first-order valence-electron chi connectivity index (χ1n) is 18.0. The molecular formula is C48H32N3OP. The second-order valence-corrected chi connectivity index (χ2v) is 16.2. The molecule has 0 saturated heterocycles. The first-order valence-corrected chi connectivity index (χ1v) is 19.6. The molecule has 0 fully saturated rings. The molecular weight excluding hydrogens is 666 g/mol. The van der Waals surface area contributed by atoms with E-state index >= 15 is 4.57 Å². The van der Waals surface area contributed by atoms with Crippen molar-refractivity contribution in [3.8, 4) is 22.5 Å². The summed E-state index contributed by atoms with van der Waals surface area (Å²) in [5.41, 5.74) is 10.5. The van der Waals surface area contributed by atoms with Crippen molar-refractivity contribution in [2.75, 3.05) is 4.67 Å². The van der Waals surface area contributed by atoms with Gasteiger partial charge < -0.3 is 9.13 Å². The molecule has 0 spiro atoms. The minimum atomic E-state index is -3.56. The molecule has 10 aromatic rings. The fourth-order valence-electron chi connectivity index (χ4n) is 8.68. The third kappa shape index (κ3) is 4.21. The Morgan fingerprint density at radius 1 is 0.396 bits per heavy atom. The second-order valence-electron chi connectivity index (χ2n) is 13.7. The number of benzene rings is 8. The maximum Gasteiger partial charge on any atom is 0.234 e. The predicted molar refractivity (Wildman–Crippen MR) is 222 cm³/mol. The van der Waals surface area contributed by atoms with E-state index in [1.165, 1.54) is 0 Å². The van der Waals surface area contributed by atoms with Gasteiger partial charge in [-0.05, 0) is 90.5 Å². The number of hydrogen-bond donors (Lipinski definition) is 0. The van der Waals surface area contributed by atoms with E-state index in [4.69, 9.17) is 0 Å². The van der Waals surface area contributed by atoms with Crippen molar-refractivity contribution < 1.29 is 4.57 Å². The standard InChI is InChI=1S/C48H32N3OP/c52-53(36-23-11-4-12-24-36)46-32-45-39(37-25-13-15-27-41(37)50(45)34-19-7-2-8-20-34)31-40(46)48-44(51(53)35-21-9-3-10-22-35)30-29-43-47(48)38-26-14-16-28-42(38)49(43)33-17-5-1-6-18-33/h1-32H. The number of para-hydroxylation sites is 5. The normalized spacial score (nSPS) is 15.3. The van der Waals surface area contributed by atoms with Gasteiger partial charge in [-0.3, -0.25) is 9.24 Å². The molecule has 4 nitrogen and oxygen atoms in total. The SMILES string of the molecule is O=P1(c2ccccc2)c2cc3c(cc2-c2c(ccc4c2c2ccccc2n4-c2ccccc2)N1c1ccccc1)c1ccccc1n3-c1ccccc1. The second kappa shape index (κ2) is 11.4. The van der Waals surface area contributed by atoms with E-state index in [9.17, 15) is 0 Å². The van der Waals surface area contributed by atoms with E-state index < -0.39 is 7.29 Å². The summed E-state index contributed by atoms with van der Waals surface area (Å²) in [6, 6.07) is 67.7. The first-order chi connectivity index (χ1) is 26.2. The molecule has 1 unspecified atom stereocenters. The van der Waals surface area contributed by atoms with Crippen LogP contribution in [0.5, 0.6) is 0 Å². The van der Waals surface area contributed by atoms with E-state index in [1.54, 1.807) is 0 Å². The van der Waals surface area contributed by atoms with Crippen molar-refractivity contribution in [1.29, 1.82) is 0 Å². The summed E-state index contributed by atoms with van der Waals surface area (Å²) in [6.45, 7) is 0. The summed E-state index contributed by atoms with van der Waals surface area (Å²) < 4.78 is 23.6. The van der Waals surface area contributed by atoms with E-state index in [0.717, 1.165) is 88.1 Å². The number of nitrogens with zero attached hydrogens (tertiary/aromatic N) is 3. The molecule has 2 aromatic heterocycles. The molecule has 1 aliphatic rings. The maximum atomic E-state index is 16.8. The zero-order valence-corrected chi connectivity index (χ0v) is 29.6. The fourth-order valence-corrected chi connectivity index (χ4v) is 11.7. The van der Waals surface area contributed by atoms with Crippen LogP contribution in [-0.2, 0) is 4.57 Å². The highest BCUT2D eigenvalue weighted by Crippen LogP contribution is 2.63. The van der Waals surface area contributed by atoms with Crippen LogP contribution in [-0.4, -0.2) is 9.13 Å². The predicted octanol–water partition coefficient (Wildman–Crippen LogP) is 11.9. The van der Waals surface area contributed by atoms with Gasteiger partial charge in [0.2, 0.25) is 7.29 Å². The van der Waals surface area contributed by atoms with Crippen LogP contribution >= 0.6 is 7.29 Å². The molecule has 0 aliphatic carbocycles. The van der Waals surface area contributed by atoms with Crippen LogP contribution in [0.25, 0.3) is 66.1 Å². The first kappa shape index (κ1) is 30.1. The Kier molecular flexibility index (Phi) is 6.49. The van der Waals surface area contributed by atoms with Crippen LogP contribution in [0.4, 0.5) is 11.4 Å². The lowest BCUT2D eigenvalue weighted by Gasteiger charge is -2.40. The van der Waals surface area contributed by atoms with Gasteiger partial charge in [0.15, 0.2) is 0 Å². The molecule has 1 atom stereocenters. The highest BCUT2D eigenvalue weighted by Gasteiger charge is 2.44. The number of hydrogen-bond acceptors (Lipinski definition) is 1. The molecule has 8 aromatic carbocycles. The van der Waals surface area contributed by atoms with Crippen LogP contribution in [0.2, 0.25) is 0 Å². The van der Waals surface area contributed by atoms with Gasteiger partial charge in [0, 0.05) is 54.8 Å². The average molecular weight is 698 g/mol. The van der Waals surface area contributed by atoms with Crippen molar-refractivity contribution in [2.24, 2.45) is 0 Å². The third-order valence-corrected chi connectivity index (χ3v) is 13.9. The Hall–Kier alpha value is -6.61. The topological polar surface area (TPSA) is 30.2 Å². The summed E-state index contributed by atoms with van der Waals surface area (Å²) in [7, 11) is -3.56. The minimum absolute atomic E-state index is 0.796. The van der Waals surface area contributed by atoms with Crippen molar-refractivity contribution in [2.45, 2.75) is 0 Å². The third-order valence-electron chi connectivity index (χ3n) is 10.8. The maximum absolute atomic E-state index is 16.8. The summed E-state index contributed by atoms with van der Waals surface area (Å²) in [5, 5.41) is 6.22. The Morgan fingerprint density at radius 2 is 0.906 bits per heavy atom. The van der Waals surface area contributed by atoms with Crippen molar-refractivity contribution in [3.05, 3.63) is 194 Å². The lowest BCUT2D eigenvalue weighted by Crippen LogP contribution is -2.33. The highest BCUT2D eigenvalue weighted by atomic mass is 31.2. The summed E-state index contributed by atoms with van der Waals surface area (Å²) >= 11 is 0. The number of aromatic nitrogens is 2. The molecule has 5 heteroatoms. The van der Waals surface area contributed by atoms with Gasteiger partial charge in [-0.15, -0.1) is 0 Å². The molecule has 11 rings (SSSR count). The zero-order valence-electron chi connectivity index (χ0n) is 28.7. The molecule has 53 heavy (non-hydrogen) atoms. The van der Waals surface area contributed by atoms with E-state index in [-0.39, 0.29) is 0 Å². The Bertz CT molecular complexity index is 3080. The molecule has 0 N–H and O–H groups in total. The Labute approximate surface area is 306 Å². The lowest BCUT2D eigenvalue weighted by atomic mass is 9.95. The minimum Gasteiger partial charge on any atom is -0.309 e. The molecule has 250 valence electrons. The number of fused-ring (bicyclic) bond motifs is 10. The van der Waals surface area contributed by atoms with Gasteiger partial charge in [0.1, 0.15) is 0 Å². The van der Waals surface area contributed by atoms with Gasteiger partial charge in [-0.2, -0.15) is 0 Å². The summed E-state index contributed by atoms with van der Waals surface area (Å²) in [6.07, 6.45) is 0. The van der Waals surface area contributed by atoms with Crippen molar-refractivity contribution in [1.82, 2.24) is 9.13 Å². The van der Waals surface area contributed by atoms with Gasteiger partial charge >= 0.3 is 0 Å². The quantitative estimate of drug-likeness (QED) is 0.171. The van der Waals surface area contributed by atoms with Crippen LogP contribution in [0.1, 0.15) is 0 Å². The van der Waals surface area contributed by atoms with E-state index in [1.807, 2.05) is 48.5 Å². The fraction of sp³-hybridized carbons (Fsp3) is 0. The number of anilines is 2. The van der Waals surface area contributed by atoms with Crippen LogP contribution in [0.15, 0.2) is 194 Å². The van der Waals surface area contributed by atoms with Gasteiger partial charge in [0.25, 0.3) is 0 Å². The van der Waals surface area contributed by atoms with Gasteiger partial charge in [0.05, 0.1) is 27.8 Å². The van der Waals surface area contributed by atoms with Crippen LogP contribution < -0.4 is 15.3 Å². The van der Waals surface area contributed by atoms with Crippen LogP contribution in [0, 0.1) is 0 Å². The van der Waals surface area contributed by atoms with Crippen LogP contribution in [0.3, 0.4) is 0 Å². The van der Waals surface area contributed by atoms with E-state index in [0.29, 0.717) is 0 Å². The molecule has 0 saturated carbocycles. The van der Waals surface area contributed by atoms with E-state index in [2.05, 4.69) is 159 Å². The monoisotopic (exact) mass is 697 g/mol. The van der Waals surface area contributed by atoms with Crippen molar-refractivity contribution >= 4 is 72.9 Å². The molecule has 0 radical (unpaired) electrons. The largest absolute Gasteiger partial charge is 0.309 e.